The summed E-state index contributed by atoms with van der Waals surface area (Å²) in [6.45, 7) is 3.29. The van der Waals surface area contributed by atoms with Crippen LogP contribution in [0.5, 0.6) is 0 Å². The molecule has 1 fully saturated rings. The molecule has 0 aromatic carbocycles. The molecule has 0 saturated carbocycles. The zero-order chi connectivity index (χ0) is 6.15. The Bertz CT molecular complexity index is 155. The summed E-state index contributed by atoms with van der Waals surface area (Å²) in [6.07, 6.45) is 0.0544. The van der Waals surface area contributed by atoms with Crippen LogP contribution in [0.15, 0.2) is 12.2 Å². The van der Waals surface area contributed by atoms with Gasteiger partial charge in [-0.1, -0.05) is 6.58 Å². The van der Waals surface area contributed by atoms with E-state index >= 15 is 0 Å². The number of cyclic esters (lactones) is 2. The highest BCUT2D eigenvalue weighted by Gasteiger charge is 2.24. The van der Waals surface area contributed by atoms with Crippen LogP contribution in [-0.2, 0) is 14.3 Å². The third-order valence-corrected chi connectivity index (χ3v) is 0.853. The molecule has 1 aliphatic rings. The van der Waals surface area contributed by atoms with Crippen molar-refractivity contribution in [2.24, 2.45) is 0 Å². The molecular weight excluding hydrogens is 108 g/mol. The molecule has 3 nitrogen and oxygen atoms in total. The number of carbonyl (C=O) groups is 2. The zero-order valence-corrected chi connectivity index (χ0v) is 4.14. The van der Waals surface area contributed by atoms with Crippen molar-refractivity contribution < 1.29 is 15.8 Å². The zero-order valence-electron chi connectivity index (χ0n) is 5.14. The molecule has 1 rings (SSSR count). The quantitative estimate of drug-likeness (QED) is 0.255. The minimum Gasteiger partial charge on any atom is -0.389 e. The summed E-state index contributed by atoms with van der Waals surface area (Å²) in [5.74, 6) is -1.09. The standard InChI is InChI=1S/C5H4O3/c1-3-2-4(6)8-5(3)7/h1-2H2/p+1. The molecule has 1 aliphatic heterocycles. The van der Waals surface area contributed by atoms with Crippen LogP contribution in [0.3, 0.4) is 0 Å². The first-order valence-electron chi connectivity index (χ1n) is 2.13. The summed E-state index contributed by atoms with van der Waals surface area (Å²) in [5.41, 5.74) is 0.245. The molecule has 0 bridgehead atoms. The van der Waals surface area contributed by atoms with Crippen LogP contribution < -0.4 is 0 Å². The van der Waals surface area contributed by atoms with Crippen LogP contribution in [-0.4, -0.2) is 11.9 Å². The predicted octanol–water partition coefficient (Wildman–Crippen LogP) is 0.129. The molecule has 42 valence electrons. The van der Waals surface area contributed by atoms with Gasteiger partial charge in [0.05, 0.1) is 6.42 Å². The fraction of sp³-hybridized carbons (Fsp3) is 0.200. The summed E-state index contributed by atoms with van der Waals surface area (Å²) in [4.78, 5) is 20.4. The van der Waals surface area contributed by atoms with Gasteiger partial charge in [0.1, 0.15) is 0 Å². The van der Waals surface area contributed by atoms with E-state index in [9.17, 15) is 9.59 Å². The third kappa shape index (κ3) is 0.621. The van der Waals surface area contributed by atoms with Gasteiger partial charge in [-0.3, -0.25) is 4.79 Å². The second-order valence-electron chi connectivity index (χ2n) is 1.54. The Hall–Kier alpha value is -1.12. The van der Waals surface area contributed by atoms with E-state index in [0.29, 0.717) is 0 Å². The first kappa shape index (κ1) is 5.03. The molecule has 0 aromatic heterocycles. The fourth-order valence-corrected chi connectivity index (χ4v) is 0.458. The maximum Gasteiger partial charge on any atom is 1.00 e. The predicted molar refractivity (Wildman–Crippen MR) is 26.0 cm³/mol. The van der Waals surface area contributed by atoms with Gasteiger partial charge in [-0.15, -0.1) is 0 Å². The van der Waals surface area contributed by atoms with Crippen molar-refractivity contribution >= 4 is 11.9 Å². The van der Waals surface area contributed by atoms with E-state index in [1.807, 2.05) is 0 Å². The second-order valence-corrected chi connectivity index (χ2v) is 1.54. The lowest BCUT2D eigenvalue weighted by Crippen LogP contribution is -1.95. The molecule has 0 amide bonds. The highest BCUT2D eigenvalue weighted by Crippen LogP contribution is 2.10. The lowest BCUT2D eigenvalue weighted by atomic mass is 10.3. The third-order valence-electron chi connectivity index (χ3n) is 0.853. The lowest BCUT2D eigenvalue weighted by Gasteiger charge is -1.80. The largest absolute Gasteiger partial charge is 1.00 e. The molecule has 0 atom stereocenters. The molecule has 3 heteroatoms. The Labute approximate surface area is 47.4 Å². The highest BCUT2D eigenvalue weighted by atomic mass is 16.6. The van der Waals surface area contributed by atoms with Crippen LogP contribution in [0.1, 0.15) is 7.85 Å². The molecule has 0 unspecified atom stereocenters. The smallest absolute Gasteiger partial charge is 0.389 e. The van der Waals surface area contributed by atoms with E-state index in [1.165, 1.54) is 0 Å². The van der Waals surface area contributed by atoms with Crippen molar-refractivity contribution in [2.45, 2.75) is 6.42 Å². The number of hydrogen-bond acceptors (Lipinski definition) is 3. The maximum atomic E-state index is 10.2. The van der Waals surface area contributed by atoms with Crippen molar-refractivity contribution in [1.29, 1.82) is 0 Å². The topological polar surface area (TPSA) is 43.4 Å². The molecule has 1 saturated heterocycles. The SMILES string of the molecule is C=C1CC(=O)OC1=O.[H+]. The lowest BCUT2D eigenvalue weighted by molar-refractivity contribution is -0.151. The van der Waals surface area contributed by atoms with Crippen molar-refractivity contribution in [1.82, 2.24) is 0 Å². The molecular formula is C5H5O3+. The van der Waals surface area contributed by atoms with E-state index in [1.54, 1.807) is 0 Å². The summed E-state index contributed by atoms with van der Waals surface area (Å²) in [7, 11) is 0. The summed E-state index contributed by atoms with van der Waals surface area (Å²) in [5, 5.41) is 0. The molecule has 0 N–H and O–H groups in total. The van der Waals surface area contributed by atoms with Crippen molar-refractivity contribution in [2.75, 3.05) is 0 Å². The van der Waals surface area contributed by atoms with Crippen molar-refractivity contribution in [3.63, 3.8) is 0 Å². The molecule has 0 aliphatic carbocycles. The Morgan fingerprint density at radius 3 is 2.38 bits per heavy atom. The van der Waals surface area contributed by atoms with Crippen LogP contribution in [0, 0.1) is 0 Å². The summed E-state index contributed by atoms with van der Waals surface area (Å²) < 4.78 is 4.10. The molecule has 0 aromatic rings. The van der Waals surface area contributed by atoms with Crippen molar-refractivity contribution in [3.8, 4) is 0 Å². The van der Waals surface area contributed by atoms with Crippen LogP contribution >= 0.6 is 0 Å². The Morgan fingerprint density at radius 2 is 2.25 bits per heavy atom. The number of ether oxygens (including phenoxy) is 1. The highest BCUT2D eigenvalue weighted by molar-refractivity contribution is 6.05. The van der Waals surface area contributed by atoms with Gasteiger partial charge in [-0.2, -0.15) is 0 Å². The van der Waals surface area contributed by atoms with E-state index in [-0.39, 0.29) is 13.4 Å². The van der Waals surface area contributed by atoms with E-state index < -0.39 is 11.9 Å². The molecule has 1 heterocycles. The van der Waals surface area contributed by atoms with Gasteiger partial charge in [-0.25, -0.2) is 4.79 Å². The van der Waals surface area contributed by atoms with Crippen LogP contribution in [0.2, 0.25) is 0 Å². The Kier molecular flexibility index (Phi) is 0.901. The van der Waals surface area contributed by atoms with E-state index in [4.69, 9.17) is 0 Å². The Morgan fingerprint density at radius 1 is 1.62 bits per heavy atom. The number of esters is 2. The number of carbonyl (C=O) groups excluding carboxylic acids is 2. The molecule has 8 heavy (non-hydrogen) atoms. The number of hydrogen-bond donors (Lipinski definition) is 0. The molecule has 0 radical (unpaired) electrons. The fourth-order valence-electron chi connectivity index (χ4n) is 0.458. The first-order valence-corrected chi connectivity index (χ1v) is 2.13. The van der Waals surface area contributed by atoms with E-state index in [0.717, 1.165) is 0 Å². The first-order chi connectivity index (χ1) is 3.70. The summed E-state index contributed by atoms with van der Waals surface area (Å²) in [6, 6.07) is 0. The number of rotatable bonds is 0. The van der Waals surface area contributed by atoms with Gasteiger partial charge in [0.2, 0.25) is 0 Å². The average Bonchev–Trinajstić information content (AvgIpc) is 1.85. The van der Waals surface area contributed by atoms with Gasteiger partial charge >= 0.3 is 13.4 Å². The van der Waals surface area contributed by atoms with Gasteiger partial charge in [-0.05, 0) is 0 Å². The summed E-state index contributed by atoms with van der Waals surface area (Å²) >= 11 is 0. The van der Waals surface area contributed by atoms with Crippen LogP contribution in [0.25, 0.3) is 0 Å². The average molecular weight is 113 g/mol. The minimum absolute atomic E-state index is 0. The van der Waals surface area contributed by atoms with Gasteiger partial charge < -0.3 is 4.74 Å². The van der Waals surface area contributed by atoms with Gasteiger partial charge in [0.15, 0.2) is 0 Å². The van der Waals surface area contributed by atoms with Crippen molar-refractivity contribution in [3.05, 3.63) is 12.2 Å². The maximum absolute atomic E-state index is 10.2. The molecule has 0 spiro atoms. The van der Waals surface area contributed by atoms with Gasteiger partial charge in [0, 0.05) is 5.57 Å². The minimum atomic E-state index is -0.588. The van der Waals surface area contributed by atoms with Gasteiger partial charge in [0.25, 0.3) is 0 Å². The monoisotopic (exact) mass is 113 g/mol. The second kappa shape index (κ2) is 1.43. The Balaban J connectivity index is 0.000000640. The van der Waals surface area contributed by atoms with Crippen LogP contribution in [0.4, 0.5) is 0 Å². The van der Waals surface area contributed by atoms with E-state index in [2.05, 4.69) is 11.3 Å². The normalized spacial score (nSPS) is 19.2.